The van der Waals surface area contributed by atoms with Gasteiger partial charge in [-0.15, -0.1) is 0 Å². The largest absolute Gasteiger partial charge is 0.454 e. The van der Waals surface area contributed by atoms with E-state index in [0.717, 1.165) is 4.47 Å². The van der Waals surface area contributed by atoms with Crippen LogP contribution in [0.2, 0.25) is 0 Å². The van der Waals surface area contributed by atoms with E-state index < -0.39 is 5.97 Å². The molecule has 0 aliphatic rings. The molecule has 1 N–H and O–H groups in total. The number of aliphatic hydroxyl groups excluding tert-OH is 1. The molecule has 0 bridgehead atoms. The Morgan fingerprint density at radius 3 is 2.38 bits per heavy atom. The highest BCUT2D eigenvalue weighted by molar-refractivity contribution is 9.10. The van der Waals surface area contributed by atoms with Gasteiger partial charge in [0.15, 0.2) is 12.4 Å². The molecular formula is C16H13BrO4. The predicted molar refractivity (Wildman–Crippen MR) is 81.1 cm³/mol. The Kier molecular flexibility index (Phi) is 5.25. The van der Waals surface area contributed by atoms with Crippen LogP contribution < -0.4 is 0 Å². The fourth-order valence-electron chi connectivity index (χ4n) is 1.71. The summed E-state index contributed by atoms with van der Waals surface area (Å²) in [6.45, 7) is -0.395. The molecular weight excluding hydrogens is 336 g/mol. The summed E-state index contributed by atoms with van der Waals surface area (Å²) in [4.78, 5) is 23.7. The van der Waals surface area contributed by atoms with Crippen molar-refractivity contribution in [2.75, 3.05) is 6.61 Å². The molecule has 0 saturated carbocycles. The number of esters is 1. The zero-order valence-corrected chi connectivity index (χ0v) is 12.7. The van der Waals surface area contributed by atoms with E-state index in [1.807, 2.05) is 6.07 Å². The van der Waals surface area contributed by atoms with Crippen LogP contribution in [0, 0.1) is 0 Å². The van der Waals surface area contributed by atoms with Crippen LogP contribution in [0.5, 0.6) is 0 Å². The second kappa shape index (κ2) is 7.15. The van der Waals surface area contributed by atoms with Crippen LogP contribution in [0.4, 0.5) is 0 Å². The molecule has 0 amide bonds. The molecule has 0 radical (unpaired) electrons. The van der Waals surface area contributed by atoms with Gasteiger partial charge in [0.25, 0.3) is 0 Å². The molecule has 108 valence electrons. The second-order valence-corrected chi connectivity index (χ2v) is 5.28. The maximum atomic E-state index is 11.9. The minimum absolute atomic E-state index is 0.0866. The smallest absolute Gasteiger partial charge is 0.338 e. The number of rotatable bonds is 5. The van der Waals surface area contributed by atoms with Crippen LogP contribution >= 0.6 is 15.9 Å². The zero-order valence-electron chi connectivity index (χ0n) is 11.1. The molecule has 0 heterocycles. The molecule has 0 unspecified atom stereocenters. The van der Waals surface area contributed by atoms with Crippen molar-refractivity contribution in [2.45, 2.75) is 6.61 Å². The van der Waals surface area contributed by atoms with Gasteiger partial charge in [-0.05, 0) is 29.8 Å². The number of ketones is 1. The summed E-state index contributed by atoms with van der Waals surface area (Å²) in [5.74, 6) is -0.834. The highest BCUT2D eigenvalue weighted by Crippen LogP contribution is 2.12. The molecule has 2 rings (SSSR count). The lowest BCUT2D eigenvalue weighted by Crippen LogP contribution is -2.14. The third-order valence-corrected chi connectivity index (χ3v) is 3.35. The zero-order chi connectivity index (χ0) is 15.2. The SMILES string of the molecule is O=C(COC(=O)c1ccc(CO)cc1)c1cccc(Br)c1. The summed E-state index contributed by atoms with van der Waals surface area (Å²) < 4.78 is 5.78. The Balaban J connectivity index is 1.95. The van der Waals surface area contributed by atoms with E-state index in [1.54, 1.807) is 42.5 Å². The third-order valence-electron chi connectivity index (χ3n) is 2.85. The van der Waals surface area contributed by atoms with E-state index in [9.17, 15) is 9.59 Å². The first-order valence-electron chi connectivity index (χ1n) is 6.26. The number of Topliss-reactive ketones (excluding diaryl/α,β-unsaturated/α-hetero) is 1. The van der Waals surface area contributed by atoms with Crippen molar-refractivity contribution in [1.82, 2.24) is 0 Å². The average Bonchev–Trinajstić information content (AvgIpc) is 2.52. The Bertz CT molecular complexity index is 650. The van der Waals surface area contributed by atoms with Crippen LogP contribution in [0.3, 0.4) is 0 Å². The van der Waals surface area contributed by atoms with Crippen molar-refractivity contribution in [3.63, 3.8) is 0 Å². The van der Waals surface area contributed by atoms with Crippen molar-refractivity contribution < 1.29 is 19.4 Å². The van der Waals surface area contributed by atoms with E-state index in [0.29, 0.717) is 16.7 Å². The first-order chi connectivity index (χ1) is 10.1. The standard InChI is InChI=1S/C16H13BrO4/c17-14-3-1-2-13(8-14)15(19)10-21-16(20)12-6-4-11(9-18)5-7-12/h1-8,18H,9-10H2. The second-order valence-electron chi connectivity index (χ2n) is 4.36. The van der Waals surface area contributed by atoms with E-state index in [-0.39, 0.29) is 19.0 Å². The number of carbonyl (C=O) groups is 2. The van der Waals surface area contributed by atoms with Crippen LogP contribution in [0.15, 0.2) is 53.0 Å². The number of aliphatic hydroxyl groups is 1. The van der Waals surface area contributed by atoms with Crippen LogP contribution in [0.1, 0.15) is 26.3 Å². The van der Waals surface area contributed by atoms with Crippen molar-refractivity contribution >= 4 is 27.7 Å². The molecule has 5 heteroatoms. The maximum Gasteiger partial charge on any atom is 0.338 e. The minimum atomic E-state index is -0.567. The summed E-state index contributed by atoms with van der Waals surface area (Å²) in [5.41, 5.74) is 1.53. The Labute approximate surface area is 130 Å². The fraction of sp³-hybridized carbons (Fsp3) is 0.125. The summed E-state index contributed by atoms with van der Waals surface area (Å²) in [5, 5.41) is 8.93. The number of hydrogen-bond acceptors (Lipinski definition) is 4. The first-order valence-corrected chi connectivity index (χ1v) is 7.05. The van der Waals surface area contributed by atoms with Crippen molar-refractivity contribution in [1.29, 1.82) is 0 Å². The van der Waals surface area contributed by atoms with Crippen LogP contribution in [-0.4, -0.2) is 23.5 Å². The van der Waals surface area contributed by atoms with Gasteiger partial charge in [-0.1, -0.05) is 40.2 Å². The molecule has 0 aliphatic heterocycles. The van der Waals surface area contributed by atoms with Crippen molar-refractivity contribution in [3.8, 4) is 0 Å². The number of halogens is 1. The Morgan fingerprint density at radius 1 is 1.05 bits per heavy atom. The monoisotopic (exact) mass is 348 g/mol. The number of ether oxygens (including phenoxy) is 1. The molecule has 2 aromatic carbocycles. The van der Waals surface area contributed by atoms with Gasteiger partial charge in [0, 0.05) is 10.0 Å². The van der Waals surface area contributed by atoms with Gasteiger partial charge in [0.05, 0.1) is 12.2 Å². The summed E-state index contributed by atoms with van der Waals surface area (Å²) in [6, 6.07) is 13.3. The molecule has 0 aliphatic carbocycles. The highest BCUT2D eigenvalue weighted by Gasteiger charge is 2.12. The molecule has 2 aromatic rings. The van der Waals surface area contributed by atoms with Crippen molar-refractivity contribution in [2.24, 2.45) is 0 Å². The van der Waals surface area contributed by atoms with Crippen LogP contribution in [-0.2, 0) is 11.3 Å². The molecule has 0 saturated heterocycles. The summed E-state index contributed by atoms with van der Waals surface area (Å²) >= 11 is 3.28. The van der Waals surface area contributed by atoms with Gasteiger partial charge < -0.3 is 9.84 Å². The van der Waals surface area contributed by atoms with Gasteiger partial charge in [-0.25, -0.2) is 4.79 Å². The van der Waals surface area contributed by atoms with E-state index in [2.05, 4.69) is 15.9 Å². The lowest BCUT2D eigenvalue weighted by Gasteiger charge is -2.05. The molecule has 0 atom stereocenters. The topological polar surface area (TPSA) is 63.6 Å². The number of benzene rings is 2. The third kappa shape index (κ3) is 4.24. The lowest BCUT2D eigenvalue weighted by molar-refractivity contribution is 0.0474. The van der Waals surface area contributed by atoms with Gasteiger partial charge >= 0.3 is 5.97 Å². The first kappa shape index (κ1) is 15.4. The minimum Gasteiger partial charge on any atom is -0.454 e. The van der Waals surface area contributed by atoms with Gasteiger partial charge in [-0.2, -0.15) is 0 Å². The fourth-order valence-corrected chi connectivity index (χ4v) is 2.11. The number of carbonyl (C=O) groups excluding carboxylic acids is 2. The molecule has 0 spiro atoms. The van der Waals surface area contributed by atoms with E-state index >= 15 is 0 Å². The molecule has 0 fully saturated rings. The molecule has 0 aromatic heterocycles. The average molecular weight is 349 g/mol. The van der Waals surface area contributed by atoms with Gasteiger partial charge in [0.1, 0.15) is 0 Å². The molecule has 4 nitrogen and oxygen atoms in total. The quantitative estimate of drug-likeness (QED) is 0.666. The number of hydrogen-bond donors (Lipinski definition) is 1. The van der Waals surface area contributed by atoms with E-state index in [4.69, 9.17) is 9.84 Å². The Morgan fingerprint density at radius 2 is 1.76 bits per heavy atom. The maximum absolute atomic E-state index is 11.9. The Hall–Kier alpha value is -1.98. The van der Waals surface area contributed by atoms with Crippen molar-refractivity contribution in [3.05, 3.63) is 69.7 Å². The summed E-state index contributed by atoms with van der Waals surface area (Å²) in [6.07, 6.45) is 0. The van der Waals surface area contributed by atoms with E-state index in [1.165, 1.54) is 0 Å². The highest BCUT2D eigenvalue weighted by atomic mass is 79.9. The normalized spacial score (nSPS) is 10.2. The summed E-state index contributed by atoms with van der Waals surface area (Å²) in [7, 11) is 0. The van der Waals surface area contributed by atoms with Crippen LogP contribution in [0.25, 0.3) is 0 Å². The predicted octanol–water partition coefficient (Wildman–Crippen LogP) is 2.98. The molecule has 21 heavy (non-hydrogen) atoms. The van der Waals surface area contributed by atoms with Gasteiger partial charge in [-0.3, -0.25) is 4.79 Å². The van der Waals surface area contributed by atoms with Gasteiger partial charge in [0.2, 0.25) is 0 Å². The lowest BCUT2D eigenvalue weighted by atomic mass is 10.1.